The first-order valence-electron chi connectivity index (χ1n) is 12.2. The monoisotopic (exact) mass is 516 g/mol. The van der Waals surface area contributed by atoms with Crippen LogP contribution in [-0.2, 0) is 6.42 Å². The molecule has 0 aliphatic rings. The van der Waals surface area contributed by atoms with Crippen LogP contribution in [0.2, 0.25) is 0 Å². The van der Waals surface area contributed by atoms with Crippen LogP contribution in [0.1, 0.15) is 44.6 Å². The molecule has 4 rings (SSSR count). The van der Waals surface area contributed by atoms with Crippen LogP contribution in [0, 0.1) is 0 Å². The number of unbranched alkanes of at least 4 members (excludes halogenated alkanes) is 4. The van der Waals surface area contributed by atoms with Crippen LogP contribution >= 0.6 is 20.8 Å². The Hall–Kier alpha value is -2.21. The summed E-state index contributed by atoms with van der Waals surface area (Å²) in [5.74, 6) is 0. The van der Waals surface area contributed by atoms with Crippen LogP contribution in [0.5, 0.6) is 0 Å². The zero-order chi connectivity index (χ0) is 23.0. The number of hydrogen-bond donors (Lipinski definition) is 0. The Morgan fingerprint density at radius 2 is 0.879 bits per heavy atom. The predicted octanol–water partition coefficient (Wildman–Crippen LogP) is 7.66. The summed E-state index contributed by atoms with van der Waals surface area (Å²) >= 11 is 4.56. The molecule has 170 valence electrons. The quantitative estimate of drug-likeness (QED) is 0.150. The molecule has 0 radical (unpaired) electrons. The van der Waals surface area contributed by atoms with Crippen molar-refractivity contribution < 1.29 is 0 Å². The Morgan fingerprint density at radius 3 is 1.30 bits per heavy atom. The van der Waals surface area contributed by atoms with Crippen LogP contribution in [-0.4, -0.2) is 0 Å². The maximum absolute atomic E-state index is 4.56. The van der Waals surface area contributed by atoms with Gasteiger partial charge in [0.1, 0.15) is 0 Å². The first kappa shape index (κ1) is 23.9. The van der Waals surface area contributed by atoms with Crippen LogP contribution in [0.25, 0.3) is 0 Å². The SMILES string of the molecule is CCCCCCCc1ccc(P(Br)(c2ccccc2)(c2ccccc2)c2ccccc2)cc1. The van der Waals surface area contributed by atoms with Gasteiger partial charge in [-0.3, -0.25) is 0 Å². The van der Waals surface area contributed by atoms with Crippen LogP contribution in [0.3, 0.4) is 0 Å². The fraction of sp³-hybridized carbons (Fsp3) is 0.226. The number of hydrogen-bond acceptors (Lipinski definition) is 0. The van der Waals surface area contributed by atoms with Crippen molar-refractivity contribution >= 4 is 42.0 Å². The molecule has 0 aliphatic heterocycles. The topological polar surface area (TPSA) is 0 Å². The summed E-state index contributed by atoms with van der Waals surface area (Å²) in [6, 6.07) is 42.5. The average Bonchev–Trinajstić information content (AvgIpc) is 2.90. The van der Waals surface area contributed by atoms with E-state index in [0.29, 0.717) is 0 Å². The van der Waals surface area contributed by atoms with Gasteiger partial charge >= 0.3 is 208 Å². The molecule has 0 atom stereocenters. The Bertz CT molecular complexity index is 1020. The Morgan fingerprint density at radius 1 is 0.485 bits per heavy atom. The molecule has 0 amide bonds. The Balaban J connectivity index is 1.86. The molecule has 0 fully saturated rings. The van der Waals surface area contributed by atoms with E-state index in [2.05, 4.69) is 138 Å². The molecule has 0 nitrogen and oxygen atoms in total. The molecular formula is C31H34BrP. The van der Waals surface area contributed by atoms with E-state index >= 15 is 0 Å². The summed E-state index contributed by atoms with van der Waals surface area (Å²) in [7, 11) is 0. The first-order valence-corrected chi connectivity index (χ1v) is 16.4. The van der Waals surface area contributed by atoms with Crippen molar-refractivity contribution in [2.45, 2.75) is 45.4 Å². The number of aryl methyl sites for hydroxylation is 1. The van der Waals surface area contributed by atoms with Gasteiger partial charge in [0.05, 0.1) is 0 Å². The molecule has 4 aromatic carbocycles. The third kappa shape index (κ3) is 4.59. The second-order valence-corrected chi connectivity index (χ2v) is 17.2. The van der Waals surface area contributed by atoms with Crippen molar-refractivity contribution in [1.29, 1.82) is 0 Å². The summed E-state index contributed by atoms with van der Waals surface area (Å²) < 4.78 is 0. The molecule has 0 bridgehead atoms. The third-order valence-electron chi connectivity index (χ3n) is 6.71. The van der Waals surface area contributed by atoms with Gasteiger partial charge in [-0.15, -0.1) is 0 Å². The molecule has 33 heavy (non-hydrogen) atoms. The summed E-state index contributed by atoms with van der Waals surface area (Å²) in [6.45, 7) is 2.27. The summed E-state index contributed by atoms with van der Waals surface area (Å²) in [5, 5.41) is 2.25. The second-order valence-electron chi connectivity index (χ2n) is 8.85. The summed E-state index contributed by atoms with van der Waals surface area (Å²) in [6.07, 6.45) is 7.75. The standard InChI is InChI=1S/C31H34BrP/c1-2-3-4-5-9-16-27-23-25-31(26-24-27)33(32,28-17-10-6-11-18-28,29-19-12-7-13-20-29)30-21-14-8-15-22-30/h6-8,10-15,17-26H,2-5,9,16H2,1H3. The van der Waals surface area contributed by atoms with Gasteiger partial charge in [0, 0.05) is 0 Å². The van der Waals surface area contributed by atoms with E-state index in [1.807, 2.05) is 0 Å². The van der Waals surface area contributed by atoms with Gasteiger partial charge in [-0.05, 0) is 0 Å². The van der Waals surface area contributed by atoms with Gasteiger partial charge in [0.15, 0.2) is 0 Å². The molecule has 0 saturated heterocycles. The molecule has 0 N–H and O–H groups in total. The van der Waals surface area contributed by atoms with Gasteiger partial charge in [-0.25, -0.2) is 0 Å². The van der Waals surface area contributed by atoms with Crippen molar-refractivity contribution in [1.82, 2.24) is 0 Å². The van der Waals surface area contributed by atoms with E-state index in [-0.39, 0.29) is 0 Å². The van der Waals surface area contributed by atoms with Gasteiger partial charge in [0.25, 0.3) is 0 Å². The predicted molar refractivity (Wildman–Crippen MR) is 153 cm³/mol. The molecule has 2 heteroatoms. The molecule has 0 aliphatic carbocycles. The first-order chi connectivity index (χ1) is 16.2. The number of halogens is 1. The summed E-state index contributed by atoms with van der Waals surface area (Å²) in [5.41, 5.74) is 1.43. The van der Waals surface area contributed by atoms with E-state index in [4.69, 9.17) is 0 Å². The zero-order valence-corrected chi connectivity index (χ0v) is 22.0. The minimum absolute atomic E-state index is 1.16. The molecule has 0 unspecified atom stereocenters. The molecule has 0 heterocycles. The van der Waals surface area contributed by atoms with Crippen molar-refractivity contribution in [2.24, 2.45) is 0 Å². The fourth-order valence-corrected chi connectivity index (χ4v) is 12.4. The number of benzene rings is 4. The van der Waals surface area contributed by atoms with Gasteiger partial charge in [-0.1, -0.05) is 0 Å². The third-order valence-corrected chi connectivity index (χ3v) is 16.7. The molecular weight excluding hydrogens is 483 g/mol. The molecule has 0 spiro atoms. The second kappa shape index (κ2) is 10.8. The Labute approximate surface area is 207 Å². The zero-order valence-electron chi connectivity index (χ0n) is 19.5. The van der Waals surface area contributed by atoms with Crippen LogP contribution in [0.4, 0.5) is 0 Å². The van der Waals surface area contributed by atoms with Crippen molar-refractivity contribution in [3.8, 4) is 0 Å². The van der Waals surface area contributed by atoms with E-state index < -0.39 is 5.31 Å². The molecule has 4 aromatic rings. The van der Waals surface area contributed by atoms with E-state index in [0.717, 1.165) is 6.42 Å². The van der Waals surface area contributed by atoms with Gasteiger partial charge in [-0.2, -0.15) is 0 Å². The van der Waals surface area contributed by atoms with Crippen LogP contribution in [0.15, 0.2) is 115 Å². The van der Waals surface area contributed by atoms with E-state index in [9.17, 15) is 0 Å². The maximum atomic E-state index is 4.56. The van der Waals surface area contributed by atoms with Crippen molar-refractivity contribution in [3.05, 3.63) is 121 Å². The van der Waals surface area contributed by atoms with E-state index in [1.165, 1.54) is 58.9 Å². The minimum atomic E-state index is -3.08. The van der Waals surface area contributed by atoms with Crippen LogP contribution < -0.4 is 21.2 Å². The number of rotatable bonds is 10. The fourth-order valence-electron chi connectivity index (χ4n) is 4.89. The van der Waals surface area contributed by atoms with Gasteiger partial charge in [0.2, 0.25) is 0 Å². The van der Waals surface area contributed by atoms with Crippen molar-refractivity contribution in [2.75, 3.05) is 0 Å². The normalized spacial score (nSPS) is 12.7. The Kier molecular flexibility index (Phi) is 7.84. The molecule has 0 aromatic heterocycles. The summed E-state index contributed by atoms with van der Waals surface area (Å²) in [4.78, 5) is 0. The van der Waals surface area contributed by atoms with Gasteiger partial charge < -0.3 is 0 Å². The van der Waals surface area contributed by atoms with E-state index in [1.54, 1.807) is 0 Å². The average molecular weight is 517 g/mol. The molecule has 0 saturated carbocycles. The van der Waals surface area contributed by atoms with Crippen molar-refractivity contribution in [3.63, 3.8) is 0 Å².